The Labute approximate surface area is 182 Å². The van der Waals surface area contributed by atoms with Crippen molar-refractivity contribution >= 4 is 34.0 Å². The molecule has 0 fully saturated rings. The quantitative estimate of drug-likeness (QED) is 0.435. The molecule has 2 heterocycles. The molecular formula is C24H26N6O. The third-order valence-electron chi connectivity index (χ3n) is 4.88. The fourth-order valence-corrected chi connectivity index (χ4v) is 3.30. The Morgan fingerprint density at radius 3 is 2.65 bits per heavy atom. The summed E-state index contributed by atoms with van der Waals surface area (Å²) in [4.78, 5) is 15.6. The van der Waals surface area contributed by atoms with Crippen molar-refractivity contribution in [3.63, 3.8) is 0 Å². The van der Waals surface area contributed by atoms with Crippen LogP contribution in [-0.2, 0) is 6.42 Å². The van der Waals surface area contributed by atoms with E-state index in [1.54, 1.807) is 19.5 Å². The summed E-state index contributed by atoms with van der Waals surface area (Å²) in [5, 5.41) is 7.67. The lowest BCUT2D eigenvalue weighted by molar-refractivity contribution is 0.392. The second-order valence-corrected chi connectivity index (χ2v) is 7.51. The molecule has 0 aliphatic rings. The highest BCUT2D eigenvalue weighted by Gasteiger charge is 2.07. The van der Waals surface area contributed by atoms with Gasteiger partial charge in [-0.15, -0.1) is 0 Å². The normalized spacial score (nSPS) is 11.0. The number of fused-ring (bicyclic) bond motifs is 1. The molecule has 7 heteroatoms. The molecule has 0 spiro atoms. The van der Waals surface area contributed by atoms with E-state index in [2.05, 4.69) is 56.7 Å². The van der Waals surface area contributed by atoms with Gasteiger partial charge in [-0.05, 0) is 62.5 Å². The number of anilines is 4. The molecule has 0 bridgehead atoms. The summed E-state index contributed by atoms with van der Waals surface area (Å²) in [6.45, 7) is 0.940. The van der Waals surface area contributed by atoms with E-state index in [-0.39, 0.29) is 0 Å². The summed E-state index contributed by atoms with van der Waals surface area (Å²) in [7, 11) is 5.82. The largest absolute Gasteiger partial charge is 0.496 e. The number of ether oxygens (including phenoxy) is 1. The molecule has 0 radical (unpaired) electrons. The van der Waals surface area contributed by atoms with Crippen LogP contribution in [0.1, 0.15) is 5.56 Å². The predicted molar refractivity (Wildman–Crippen MR) is 126 cm³/mol. The maximum Gasteiger partial charge on any atom is 0.229 e. The Hall–Kier alpha value is -3.71. The first-order valence-corrected chi connectivity index (χ1v) is 10.1. The number of aromatic nitrogens is 3. The molecule has 0 atom stereocenters. The average Bonchev–Trinajstić information content (AvgIpc) is 2.78. The first kappa shape index (κ1) is 20.6. The van der Waals surface area contributed by atoms with Crippen molar-refractivity contribution in [2.24, 2.45) is 0 Å². The number of hydrogen-bond acceptors (Lipinski definition) is 7. The number of benzene rings is 2. The van der Waals surface area contributed by atoms with Crippen molar-refractivity contribution in [2.75, 3.05) is 38.4 Å². The first-order chi connectivity index (χ1) is 15.1. The van der Waals surface area contributed by atoms with Gasteiger partial charge in [0, 0.05) is 23.8 Å². The van der Waals surface area contributed by atoms with Crippen molar-refractivity contribution in [3.05, 3.63) is 72.6 Å². The molecule has 0 aliphatic heterocycles. The van der Waals surface area contributed by atoms with Crippen LogP contribution in [0.25, 0.3) is 10.9 Å². The number of hydrogen-bond donors (Lipinski definition) is 2. The molecule has 0 aliphatic carbocycles. The maximum absolute atomic E-state index is 5.51. The van der Waals surface area contributed by atoms with Gasteiger partial charge in [0.25, 0.3) is 0 Å². The monoisotopic (exact) mass is 414 g/mol. The highest BCUT2D eigenvalue weighted by atomic mass is 16.5. The van der Waals surface area contributed by atoms with Crippen molar-refractivity contribution < 1.29 is 4.74 Å². The van der Waals surface area contributed by atoms with Crippen LogP contribution >= 0.6 is 0 Å². The molecule has 4 rings (SSSR count). The first-order valence-electron chi connectivity index (χ1n) is 10.1. The van der Waals surface area contributed by atoms with Gasteiger partial charge in [0.05, 0.1) is 24.5 Å². The summed E-state index contributed by atoms with van der Waals surface area (Å²) in [6.07, 6.45) is 4.42. The lowest BCUT2D eigenvalue weighted by Crippen LogP contribution is -2.15. The zero-order chi connectivity index (χ0) is 21.6. The zero-order valence-corrected chi connectivity index (χ0v) is 18.0. The zero-order valence-electron chi connectivity index (χ0n) is 18.0. The van der Waals surface area contributed by atoms with Crippen molar-refractivity contribution in [1.29, 1.82) is 0 Å². The van der Waals surface area contributed by atoms with Gasteiger partial charge in [-0.3, -0.25) is 4.98 Å². The van der Waals surface area contributed by atoms with Crippen LogP contribution in [0.5, 0.6) is 5.75 Å². The van der Waals surface area contributed by atoms with E-state index in [0.29, 0.717) is 11.8 Å². The Morgan fingerprint density at radius 2 is 1.81 bits per heavy atom. The van der Waals surface area contributed by atoms with Crippen LogP contribution < -0.4 is 15.4 Å². The van der Waals surface area contributed by atoms with Gasteiger partial charge in [-0.2, -0.15) is 4.98 Å². The molecule has 0 amide bonds. The Bertz CT molecular complexity index is 1180. The van der Waals surface area contributed by atoms with Crippen LogP contribution in [0.15, 0.2) is 67.0 Å². The number of pyridine rings is 1. The summed E-state index contributed by atoms with van der Waals surface area (Å²) in [5.41, 5.74) is 3.89. The van der Waals surface area contributed by atoms with Crippen LogP contribution in [0.3, 0.4) is 0 Å². The highest BCUT2D eigenvalue weighted by molar-refractivity contribution is 5.82. The smallest absolute Gasteiger partial charge is 0.229 e. The predicted octanol–water partition coefficient (Wildman–Crippen LogP) is 4.62. The fraction of sp³-hybridized carbons (Fsp3) is 0.208. The fourth-order valence-electron chi connectivity index (χ4n) is 3.30. The van der Waals surface area contributed by atoms with Gasteiger partial charge >= 0.3 is 0 Å². The lowest BCUT2D eigenvalue weighted by atomic mass is 10.1. The maximum atomic E-state index is 5.51. The second-order valence-electron chi connectivity index (χ2n) is 7.51. The van der Waals surface area contributed by atoms with Gasteiger partial charge in [-0.1, -0.05) is 18.2 Å². The van der Waals surface area contributed by atoms with Crippen LogP contribution in [0, 0.1) is 0 Å². The van der Waals surface area contributed by atoms with Gasteiger partial charge in [0.15, 0.2) is 0 Å². The van der Waals surface area contributed by atoms with E-state index in [9.17, 15) is 0 Å². The van der Waals surface area contributed by atoms with E-state index in [4.69, 9.17) is 4.74 Å². The summed E-state index contributed by atoms with van der Waals surface area (Å²) in [5.74, 6) is 2.09. The molecule has 0 saturated carbocycles. The van der Waals surface area contributed by atoms with E-state index in [0.717, 1.165) is 46.6 Å². The third-order valence-corrected chi connectivity index (χ3v) is 4.88. The molecule has 31 heavy (non-hydrogen) atoms. The molecular weight excluding hydrogens is 388 g/mol. The summed E-state index contributed by atoms with van der Waals surface area (Å²) in [6, 6.07) is 17.9. The Kier molecular flexibility index (Phi) is 6.24. The molecule has 0 unspecified atom stereocenters. The van der Waals surface area contributed by atoms with Crippen LogP contribution in [-0.4, -0.2) is 47.6 Å². The molecule has 4 aromatic rings. The standard InChI is InChI=1S/C24H26N6O/c1-30(2)13-11-18-15-19(8-9-22(18)31-3)28-24-25-12-10-23(29-24)27-20-14-17-6-4-5-7-21(17)26-16-20/h4-10,12,14-16H,11,13H2,1-3H3,(H2,25,27,28,29). The van der Waals surface area contributed by atoms with Crippen LogP contribution in [0.4, 0.5) is 23.1 Å². The number of nitrogens with one attached hydrogen (secondary N) is 2. The molecule has 7 nitrogen and oxygen atoms in total. The van der Waals surface area contributed by atoms with E-state index < -0.39 is 0 Å². The second kappa shape index (κ2) is 9.40. The van der Waals surface area contributed by atoms with Crippen molar-refractivity contribution in [3.8, 4) is 5.75 Å². The minimum atomic E-state index is 0.516. The Balaban J connectivity index is 1.51. The highest BCUT2D eigenvalue weighted by Crippen LogP contribution is 2.25. The van der Waals surface area contributed by atoms with E-state index in [1.165, 1.54) is 0 Å². The summed E-state index contributed by atoms with van der Waals surface area (Å²) < 4.78 is 5.51. The van der Waals surface area contributed by atoms with E-state index >= 15 is 0 Å². The van der Waals surface area contributed by atoms with Crippen LogP contribution in [0.2, 0.25) is 0 Å². The number of methoxy groups -OCH3 is 1. The van der Waals surface area contributed by atoms with Crippen molar-refractivity contribution in [1.82, 2.24) is 19.9 Å². The lowest BCUT2D eigenvalue weighted by Gasteiger charge is -2.14. The molecule has 158 valence electrons. The topological polar surface area (TPSA) is 75.2 Å². The number of nitrogens with zero attached hydrogens (tertiary/aromatic N) is 4. The summed E-state index contributed by atoms with van der Waals surface area (Å²) >= 11 is 0. The molecule has 2 aromatic carbocycles. The average molecular weight is 415 g/mol. The molecule has 0 saturated heterocycles. The SMILES string of the molecule is COc1ccc(Nc2nccc(Nc3cnc4ccccc4c3)n2)cc1CCN(C)C. The molecule has 2 aromatic heterocycles. The van der Waals surface area contributed by atoms with Gasteiger partial charge in [-0.25, -0.2) is 4.98 Å². The number of likely N-dealkylation sites (N-methyl/N-ethyl adjacent to an activating group) is 1. The van der Waals surface area contributed by atoms with Gasteiger partial charge in [0.1, 0.15) is 11.6 Å². The van der Waals surface area contributed by atoms with Crippen molar-refractivity contribution in [2.45, 2.75) is 6.42 Å². The Morgan fingerprint density at radius 1 is 0.935 bits per heavy atom. The minimum absolute atomic E-state index is 0.516. The van der Waals surface area contributed by atoms with Gasteiger partial charge < -0.3 is 20.3 Å². The molecule has 2 N–H and O–H groups in total. The number of para-hydroxylation sites is 1. The van der Waals surface area contributed by atoms with E-state index in [1.807, 2.05) is 42.5 Å². The minimum Gasteiger partial charge on any atom is -0.496 e. The third kappa shape index (κ3) is 5.26. The number of rotatable bonds is 8. The van der Waals surface area contributed by atoms with Gasteiger partial charge in [0.2, 0.25) is 5.95 Å².